The fourth-order valence-corrected chi connectivity index (χ4v) is 3.05. The quantitative estimate of drug-likeness (QED) is 0.910. The van der Waals surface area contributed by atoms with Crippen LogP contribution in [0.2, 0.25) is 0 Å². The largest absolute Gasteiger partial charge is 0.497 e. The van der Waals surface area contributed by atoms with E-state index < -0.39 is 0 Å². The van der Waals surface area contributed by atoms with Gasteiger partial charge in [0.05, 0.1) is 18.7 Å². The first-order chi connectivity index (χ1) is 11.0. The van der Waals surface area contributed by atoms with Crippen LogP contribution < -0.4 is 21.3 Å². The van der Waals surface area contributed by atoms with Gasteiger partial charge in [0.25, 0.3) is 5.56 Å². The van der Waals surface area contributed by atoms with Gasteiger partial charge in [-0.2, -0.15) is 0 Å². The Morgan fingerprint density at radius 2 is 2.09 bits per heavy atom. The molecular weight excluding hydrogens is 294 g/mol. The number of methoxy groups -OCH3 is 1. The van der Waals surface area contributed by atoms with E-state index in [1.807, 2.05) is 38.1 Å². The van der Waals surface area contributed by atoms with E-state index in [0.29, 0.717) is 17.8 Å². The van der Waals surface area contributed by atoms with E-state index in [1.165, 1.54) is 4.57 Å². The van der Waals surface area contributed by atoms with Crippen molar-refractivity contribution in [2.45, 2.75) is 38.8 Å². The zero-order valence-corrected chi connectivity index (χ0v) is 13.6. The van der Waals surface area contributed by atoms with Crippen LogP contribution in [0.1, 0.15) is 43.5 Å². The van der Waals surface area contributed by atoms with E-state index in [1.54, 1.807) is 7.11 Å². The van der Waals surface area contributed by atoms with E-state index in [9.17, 15) is 9.59 Å². The van der Waals surface area contributed by atoms with Crippen LogP contribution >= 0.6 is 0 Å². The molecule has 6 heteroatoms. The van der Waals surface area contributed by atoms with E-state index >= 15 is 0 Å². The van der Waals surface area contributed by atoms with Gasteiger partial charge in [-0.15, -0.1) is 0 Å². The Morgan fingerprint density at radius 1 is 1.30 bits per heavy atom. The Bertz CT molecular complexity index is 836. The Kier molecular flexibility index (Phi) is 3.98. The average Bonchev–Trinajstić information content (AvgIpc) is 2.54. The number of ether oxygens (including phenoxy) is 1. The van der Waals surface area contributed by atoms with Crippen molar-refractivity contribution < 1.29 is 4.74 Å². The van der Waals surface area contributed by atoms with E-state index in [-0.39, 0.29) is 23.3 Å². The predicted octanol–water partition coefficient (Wildman–Crippen LogP) is 2.23. The zero-order valence-electron chi connectivity index (χ0n) is 13.6. The Labute approximate surface area is 134 Å². The maximum atomic E-state index is 12.5. The van der Waals surface area contributed by atoms with Crippen LogP contribution in [-0.4, -0.2) is 16.7 Å². The highest BCUT2D eigenvalue weighted by molar-refractivity contribution is 5.48. The molecule has 1 unspecified atom stereocenters. The molecule has 0 bridgehead atoms. The lowest BCUT2D eigenvalue weighted by atomic mass is 9.95. The number of nitrogens with zero attached hydrogens (tertiary/aromatic N) is 1. The van der Waals surface area contributed by atoms with Crippen molar-refractivity contribution in [1.82, 2.24) is 9.55 Å². The SMILES string of the molecule is COc1cccc(C2CCc3c([nH]c(=O)n(C(C)C)c3=O)N2)c1. The number of aromatic amines is 1. The summed E-state index contributed by atoms with van der Waals surface area (Å²) >= 11 is 0. The van der Waals surface area contributed by atoms with Crippen molar-refractivity contribution in [3.63, 3.8) is 0 Å². The summed E-state index contributed by atoms with van der Waals surface area (Å²) in [6, 6.07) is 7.69. The van der Waals surface area contributed by atoms with Gasteiger partial charge in [-0.3, -0.25) is 14.3 Å². The molecule has 23 heavy (non-hydrogen) atoms. The van der Waals surface area contributed by atoms with Crippen molar-refractivity contribution in [3.05, 3.63) is 56.2 Å². The maximum Gasteiger partial charge on any atom is 0.330 e. The number of benzene rings is 1. The van der Waals surface area contributed by atoms with E-state index in [4.69, 9.17) is 4.74 Å². The second-order valence-electron chi connectivity index (χ2n) is 6.06. The standard InChI is InChI=1S/C17H21N3O3/c1-10(2)20-16(21)13-7-8-14(18-15(13)19-17(20)22)11-5-4-6-12(9-11)23-3/h4-6,9-10,14,18H,7-8H2,1-3H3,(H,19,22). The molecule has 0 aliphatic carbocycles. The van der Waals surface area contributed by atoms with Gasteiger partial charge in [0.2, 0.25) is 0 Å². The molecule has 0 saturated carbocycles. The third-order valence-electron chi connectivity index (χ3n) is 4.24. The molecule has 0 saturated heterocycles. The van der Waals surface area contributed by atoms with Gasteiger partial charge in [0.15, 0.2) is 0 Å². The number of hydrogen-bond donors (Lipinski definition) is 2. The van der Waals surface area contributed by atoms with Crippen molar-refractivity contribution >= 4 is 5.82 Å². The monoisotopic (exact) mass is 315 g/mol. The molecule has 1 aromatic carbocycles. The summed E-state index contributed by atoms with van der Waals surface area (Å²) < 4.78 is 6.53. The molecule has 122 valence electrons. The molecule has 0 radical (unpaired) electrons. The molecule has 0 spiro atoms. The second kappa shape index (κ2) is 5.95. The number of H-pyrrole nitrogens is 1. The van der Waals surface area contributed by atoms with Crippen LogP contribution in [0.15, 0.2) is 33.9 Å². The fourth-order valence-electron chi connectivity index (χ4n) is 3.05. The number of nitrogens with one attached hydrogen (secondary N) is 2. The highest BCUT2D eigenvalue weighted by atomic mass is 16.5. The van der Waals surface area contributed by atoms with Crippen molar-refractivity contribution in [1.29, 1.82) is 0 Å². The summed E-state index contributed by atoms with van der Waals surface area (Å²) in [5.74, 6) is 1.33. The lowest BCUT2D eigenvalue weighted by Gasteiger charge is -2.27. The minimum Gasteiger partial charge on any atom is -0.497 e. The third-order valence-corrected chi connectivity index (χ3v) is 4.24. The van der Waals surface area contributed by atoms with Crippen LogP contribution in [0.25, 0.3) is 0 Å². The highest BCUT2D eigenvalue weighted by Crippen LogP contribution is 2.30. The molecular formula is C17H21N3O3. The Hall–Kier alpha value is -2.50. The van der Waals surface area contributed by atoms with Gasteiger partial charge >= 0.3 is 5.69 Å². The van der Waals surface area contributed by atoms with Crippen molar-refractivity contribution in [3.8, 4) is 5.75 Å². The topological polar surface area (TPSA) is 76.1 Å². The first-order valence-electron chi connectivity index (χ1n) is 7.79. The van der Waals surface area contributed by atoms with Gasteiger partial charge in [-0.05, 0) is 44.4 Å². The average molecular weight is 315 g/mol. The predicted molar refractivity (Wildman–Crippen MR) is 89.4 cm³/mol. The number of rotatable bonds is 3. The second-order valence-corrected chi connectivity index (χ2v) is 6.06. The Balaban J connectivity index is 1.98. The molecule has 2 heterocycles. The van der Waals surface area contributed by atoms with Crippen molar-refractivity contribution in [2.24, 2.45) is 0 Å². The van der Waals surface area contributed by atoms with E-state index in [0.717, 1.165) is 17.7 Å². The summed E-state index contributed by atoms with van der Waals surface area (Å²) in [5.41, 5.74) is 1.15. The molecule has 0 amide bonds. The van der Waals surface area contributed by atoms with Crippen molar-refractivity contribution in [2.75, 3.05) is 12.4 Å². The molecule has 3 rings (SSSR count). The number of fused-ring (bicyclic) bond motifs is 1. The van der Waals surface area contributed by atoms with Crippen LogP contribution in [0.4, 0.5) is 5.82 Å². The number of hydrogen-bond acceptors (Lipinski definition) is 4. The molecule has 0 fully saturated rings. The van der Waals surface area contributed by atoms with Crippen LogP contribution in [0, 0.1) is 0 Å². The molecule has 6 nitrogen and oxygen atoms in total. The zero-order chi connectivity index (χ0) is 16.6. The minimum absolute atomic E-state index is 0.0440. The lowest BCUT2D eigenvalue weighted by molar-refractivity contribution is 0.413. The third kappa shape index (κ3) is 2.76. The fraction of sp³-hybridized carbons (Fsp3) is 0.412. The number of aromatic nitrogens is 2. The summed E-state index contributed by atoms with van der Waals surface area (Å²) in [7, 11) is 1.63. The summed E-state index contributed by atoms with van der Waals surface area (Å²) in [5, 5.41) is 3.29. The van der Waals surface area contributed by atoms with Gasteiger partial charge < -0.3 is 10.1 Å². The Morgan fingerprint density at radius 3 is 2.78 bits per heavy atom. The summed E-state index contributed by atoms with van der Waals surface area (Å²) in [6.07, 6.45) is 1.42. The summed E-state index contributed by atoms with van der Waals surface area (Å²) in [4.78, 5) is 27.5. The minimum atomic E-state index is -0.373. The highest BCUT2D eigenvalue weighted by Gasteiger charge is 2.24. The molecule has 1 aliphatic heterocycles. The maximum absolute atomic E-state index is 12.5. The lowest BCUT2D eigenvalue weighted by Crippen LogP contribution is -2.41. The molecule has 1 aromatic heterocycles. The molecule has 1 atom stereocenters. The van der Waals surface area contributed by atoms with Gasteiger partial charge in [-0.25, -0.2) is 4.79 Å². The molecule has 1 aliphatic rings. The molecule has 2 N–H and O–H groups in total. The summed E-state index contributed by atoms with van der Waals surface area (Å²) in [6.45, 7) is 3.66. The first-order valence-corrected chi connectivity index (χ1v) is 7.79. The smallest absolute Gasteiger partial charge is 0.330 e. The van der Waals surface area contributed by atoms with Gasteiger partial charge in [0, 0.05) is 6.04 Å². The first kappa shape index (κ1) is 15.4. The van der Waals surface area contributed by atoms with Crippen LogP contribution in [-0.2, 0) is 6.42 Å². The van der Waals surface area contributed by atoms with Crippen LogP contribution in [0.5, 0.6) is 5.75 Å². The molecule has 2 aromatic rings. The normalized spacial score (nSPS) is 16.8. The van der Waals surface area contributed by atoms with Crippen LogP contribution in [0.3, 0.4) is 0 Å². The number of anilines is 1. The van der Waals surface area contributed by atoms with E-state index in [2.05, 4.69) is 10.3 Å². The van der Waals surface area contributed by atoms with Gasteiger partial charge in [0.1, 0.15) is 11.6 Å². The van der Waals surface area contributed by atoms with Gasteiger partial charge in [-0.1, -0.05) is 12.1 Å².